The highest BCUT2D eigenvalue weighted by molar-refractivity contribution is 7.98. The Hall–Kier alpha value is -1.91. The number of rotatable bonds is 5. The minimum atomic E-state index is -1.10. The van der Waals surface area contributed by atoms with Crippen molar-refractivity contribution < 1.29 is 14.9 Å². The number of fused-ring (bicyclic) bond motifs is 1. The maximum absolute atomic E-state index is 10.5. The number of aliphatic hydroxyl groups excluding tert-OH is 2. The fraction of sp³-hybridized carbons (Fsp3) is 0.353. The summed E-state index contributed by atoms with van der Waals surface area (Å²) in [5.74, 6) is 1.53. The Morgan fingerprint density at radius 1 is 1.15 bits per heavy atom. The number of nitrogens with two attached hydrogens (primary N) is 1. The zero-order valence-corrected chi connectivity index (χ0v) is 15.7. The van der Waals surface area contributed by atoms with Crippen LogP contribution in [-0.4, -0.2) is 53.8 Å². The molecule has 0 spiro atoms. The molecule has 4 atom stereocenters. The van der Waals surface area contributed by atoms with E-state index in [9.17, 15) is 10.2 Å². The number of anilines is 1. The van der Waals surface area contributed by atoms with Crippen LogP contribution in [0.4, 0.5) is 5.82 Å². The quantitative estimate of drug-likeness (QED) is 0.583. The van der Waals surface area contributed by atoms with E-state index in [2.05, 4.69) is 15.0 Å². The molecular formula is C17H18ClN5O3S. The van der Waals surface area contributed by atoms with Crippen LogP contribution in [0.25, 0.3) is 11.2 Å². The Morgan fingerprint density at radius 2 is 1.93 bits per heavy atom. The van der Waals surface area contributed by atoms with Gasteiger partial charge in [0.15, 0.2) is 17.7 Å². The maximum atomic E-state index is 10.5. The smallest absolute Gasteiger partial charge is 0.167 e. The summed E-state index contributed by atoms with van der Waals surface area (Å²) in [7, 11) is 0. The largest absolute Gasteiger partial charge is 0.387 e. The number of halogens is 1. The van der Waals surface area contributed by atoms with Crippen LogP contribution in [0.3, 0.4) is 0 Å². The number of hydrogen-bond acceptors (Lipinski definition) is 8. The number of thioether (sulfide) groups is 1. The maximum Gasteiger partial charge on any atom is 0.167 e. The summed E-state index contributed by atoms with van der Waals surface area (Å²) in [4.78, 5) is 12.2. The first-order chi connectivity index (χ1) is 13.0. The molecule has 3 aromatic rings. The van der Waals surface area contributed by atoms with Crippen LogP contribution in [0, 0.1) is 0 Å². The van der Waals surface area contributed by atoms with E-state index >= 15 is 0 Å². The lowest BCUT2D eigenvalue weighted by molar-refractivity contribution is -0.0289. The highest BCUT2D eigenvalue weighted by Gasteiger charge is 2.44. The molecule has 27 heavy (non-hydrogen) atoms. The topological polar surface area (TPSA) is 119 Å². The van der Waals surface area contributed by atoms with Crippen LogP contribution < -0.4 is 5.73 Å². The van der Waals surface area contributed by atoms with Crippen molar-refractivity contribution in [1.29, 1.82) is 0 Å². The Morgan fingerprint density at radius 3 is 2.70 bits per heavy atom. The first kappa shape index (κ1) is 18.5. The molecule has 8 nitrogen and oxygen atoms in total. The van der Waals surface area contributed by atoms with E-state index in [4.69, 9.17) is 22.1 Å². The van der Waals surface area contributed by atoms with Crippen molar-refractivity contribution in [2.75, 3.05) is 11.5 Å². The van der Waals surface area contributed by atoms with Crippen molar-refractivity contribution in [3.8, 4) is 0 Å². The second-order valence-electron chi connectivity index (χ2n) is 6.27. The Kier molecular flexibility index (Phi) is 5.20. The summed E-state index contributed by atoms with van der Waals surface area (Å²) in [6, 6.07) is 7.60. The van der Waals surface area contributed by atoms with Crippen molar-refractivity contribution in [1.82, 2.24) is 19.5 Å². The summed E-state index contributed by atoms with van der Waals surface area (Å²) in [5.41, 5.74) is 7.81. The minimum absolute atomic E-state index is 0.252. The third kappa shape index (κ3) is 3.61. The fourth-order valence-electron chi connectivity index (χ4n) is 3.03. The molecule has 10 heteroatoms. The molecule has 0 bridgehead atoms. The third-order valence-electron chi connectivity index (χ3n) is 4.46. The summed E-state index contributed by atoms with van der Waals surface area (Å²) in [5, 5.41) is 21.5. The van der Waals surface area contributed by atoms with Crippen molar-refractivity contribution in [2.24, 2.45) is 0 Å². The van der Waals surface area contributed by atoms with Gasteiger partial charge in [0.1, 0.15) is 24.1 Å². The number of ether oxygens (including phenoxy) is 1. The van der Waals surface area contributed by atoms with Crippen molar-refractivity contribution >= 4 is 40.3 Å². The normalized spacial score (nSPS) is 25.3. The third-order valence-corrected chi connectivity index (χ3v) is 5.82. The van der Waals surface area contributed by atoms with Gasteiger partial charge in [-0.05, 0) is 17.7 Å². The monoisotopic (exact) mass is 407 g/mol. The molecule has 1 fully saturated rings. The van der Waals surface area contributed by atoms with Gasteiger partial charge in [0, 0.05) is 16.5 Å². The molecule has 1 aliphatic rings. The number of nitrogens with zero attached hydrogens (tertiary/aromatic N) is 4. The van der Waals surface area contributed by atoms with Gasteiger partial charge in [-0.15, -0.1) is 0 Å². The van der Waals surface area contributed by atoms with E-state index in [-0.39, 0.29) is 5.82 Å². The summed E-state index contributed by atoms with van der Waals surface area (Å²) in [6.07, 6.45) is -0.601. The average Bonchev–Trinajstić information content (AvgIpc) is 3.21. The number of hydrogen-bond donors (Lipinski definition) is 3. The lowest BCUT2D eigenvalue weighted by atomic mass is 10.1. The Labute approximate surface area is 164 Å². The zero-order valence-electron chi connectivity index (χ0n) is 14.1. The summed E-state index contributed by atoms with van der Waals surface area (Å²) >= 11 is 7.50. The minimum Gasteiger partial charge on any atom is -0.387 e. The van der Waals surface area contributed by atoms with Gasteiger partial charge < -0.3 is 20.7 Å². The molecule has 0 radical (unpaired) electrons. The molecule has 0 aliphatic carbocycles. The van der Waals surface area contributed by atoms with Gasteiger partial charge in [-0.2, -0.15) is 11.8 Å². The number of aromatic nitrogens is 4. The van der Waals surface area contributed by atoms with Gasteiger partial charge in [-0.1, -0.05) is 23.7 Å². The van der Waals surface area contributed by atoms with Crippen LogP contribution >= 0.6 is 23.4 Å². The molecule has 4 rings (SSSR count). The SMILES string of the molecule is Nc1ncnc2c1ncn2[C@@H]1O[C@@H](CSCc2ccc(Cl)cc2)[C@H](O)[C@@H]1O. The molecule has 0 unspecified atom stereocenters. The van der Waals surface area contributed by atoms with E-state index < -0.39 is 24.5 Å². The van der Waals surface area contributed by atoms with Crippen molar-refractivity contribution in [3.05, 3.63) is 47.5 Å². The number of benzene rings is 1. The first-order valence-corrected chi connectivity index (χ1v) is 9.84. The van der Waals surface area contributed by atoms with Gasteiger partial charge in [0.25, 0.3) is 0 Å². The van der Waals surface area contributed by atoms with Crippen LogP contribution in [0.2, 0.25) is 5.02 Å². The lowest BCUT2D eigenvalue weighted by Gasteiger charge is -2.16. The van der Waals surface area contributed by atoms with Gasteiger partial charge >= 0.3 is 0 Å². The molecule has 4 N–H and O–H groups in total. The Balaban J connectivity index is 1.44. The van der Waals surface area contributed by atoms with Gasteiger partial charge in [-0.25, -0.2) is 15.0 Å². The highest BCUT2D eigenvalue weighted by Crippen LogP contribution is 2.33. The molecule has 3 heterocycles. The molecule has 1 aliphatic heterocycles. The van der Waals surface area contributed by atoms with E-state index in [1.54, 1.807) is 16.3 Å². The number of nitrogen functional groups attached to an aromatic ring is 1. The second kappa shape index (κ2) is 7.61. The summed E-state index contributed by atoms with van der Waals surface area (Å²) in [6.45, 7) is 0. The standard InChI is InChI=1S/C17H18ClN5O3S/c18-10-3-1-9(2-4-10)5-27-6-11-13(24)14(25)17(26-11)23-8-22-12-15(19)20-7-21-16(12)23/h1-4,7-8,11,13-14,17,24-25H,5-6H2,(H2,19,20,21)/t11-,13-,14-,17+/m0/s1. The average molecular weight is 408 g/mol. The van der Waals surface area contributed by atoms with Crippen LogP contribution in [-0.2, 0) is 10.5 Å². The number of imidazole rings is 1. The predicted octanol–water partition coefficient (Wildman–Crippen LogP) is 1.61. The van der Waals surface area contributed by atoms with Crippen LogP contribution in [0.5, 0.6) is 0 Å². The van der Waals surface area contributed by atoms with Crippen molar-refractivity contribution in [2.45, 2.75) is 30.3 Å². The molecular weight excluding hydrogens is 390 g/mol. The molecule has 2 aromatic heterocycles. The summed E-state index contributed by atoms with van der Waals surface area (Å²) < 4.78 is 7.49. The molecule has 142 valence electrons. The molecule has 0 amide bonds. The van der Waals surface area contributed by atoms with E-state index in [1.807, 2.05) is 24.3 Å². The molecule has 1 aromatic carbocycles. The fourth-order valence-corrected chi connectivity index (χ4v) is 4.21. The van der Waals surface area contributed by atoms with Crippen LogP contribution in [0.1, 0.15) is 11.8 Å². The molecule has 0 saturated carbocycles. The molecule has 1 saturated heterocycles. The van der Waals surface area contributed by atoms with Crippen LogP contribution in [0.15, 0.2) is 36.9 Å². The van der Waals surface area contributed by atoms with Gasteiger partial charge in [-0.3, -0.25) is 4.57 Å². The van der Waals surface area contributed by atoms with E-state index in [1.165, 1.54) is 12.7 Å². The van der Waals surface area contributed by atoms with Gasteiger partial charge in [0.05, 0.1) is 12.4 Å². The second-order valence-corrected chi connectivity index (χ2v) is 7.74. The zero-order chi connectivity index (χ0) is 19.0. The predicted molar refractivity (Wildman–Crippen MR) is 103 cm³/mol. The first-order valence-electron chi connectivity index (χ1n) is 8.31. The number of aliphatic hydroxyl groups is 2. The lowest BCUT2D eigenvalue weighted by Crippen LogP contribution is -2.32. The van der Waals surface area contributed by atoms with Crippen molar-refractivity contribution in [3.63, 3.8) is 0 Å². The highest BCUT2D eigenvalue weighted by atomic mass is 35.5. The van der Waals surface area contributed by atoms with E-state index in [0.29, 0.717) is 21.9 Å². The van der Waals surface area contributed by atoms with Gasteiger partial charge in [0.2, 0.25) is 0 Å². The van der Waals surface area contributed by atoms with E-state index in [0.717, 1.165) is 11.3 Å². The Bertz CT molecular complexity index is 938.